The summed E-state index contributed by atoms with van der Waals surface area (Å²) in [4.78, 5) is 12.8. The van der Waals surface area contributed by atoms with Crippen LogP contribution in [0.4, 0.5) is 31.1 Å². The number of sulfone groups is 1. The first kappa shape index (κ1) is 29.8. The first-order valence-electron chi connectivity index (χ1n) is 11.6. The monoisotopic (exact) mass is 571 g/mol. The predicted molar refractivity (Wildman–Crippen MR) is 121 cm³/mol. The standard InChI is InChI=1S/C23H27F6N3O5S/c1-20(2,3)37-19(33)32-11-16(8-14(32)10-31-21(12-30)6-7-21)38(34,35)18-5-4-15(36-13-22(24,25)26)9-17(18)23(27,28)29/h4-5,9,14,16,31H,6-8,10-11,13H2,1-3H3. The van der Waals surface area contributed by atoms with Gasteiger partial charge in [-0.15, -0.1) is 0 Å². The Balaban J connectivity index is 1.92. The number of nitrogens with one attached hydrogen (secondary N) is 1. The molecule has 2 unspecified atom stereocenters. The van der Waals surface area contributed by atoms with Gasteiger partial charge < -0.3 is 14.4 Å². The minimum absolute atomic E-state index is 0.00910. The molecule has 1 aliphatic heterocycles. The number of ether oxygens (including phenoxy) is 2. The fourth-order valence-corrected chi connectivity index (χ4v) is 5.95. The van der Waals surface area contributed by atoms with Crippen molar-refractivity contribution in [1.82, 2.24) is 10.2 Å². The Morgan fingerprint density at radius 2 is 1.82 bits per heavy atom. The van der Waals surface area contributed by atoms with Crippen LogP contribution in [0.1, 0.15) is 45.6 Å². The molecule has 2 atom stereocenters. The number of hydrogen-bond donors (Lipinski definition) is 1. The highest BCUT2D eigenvalue weighted by molar-refractivity contribution is 7.92. The number of alkyl halides is 6. The lowest BCUT2D eigenvalue weighted by Crippen LogP contribution is -2.46. The molecule has 1 aromatic carbocycles. The van der Waals surface area contributed by atoms with E-state index >= 15 is 0 Å². The summed E-state index contributed by atoms with van der Waals surface area (Å²) in [6, 6.07) is 2.78. The van der Waals surface area contributed by atoms with Gasteiger partial charge >= 0.3 is 18.4 Å². The third kappa shape index (κ3) is 7.22. The molecule has 0 aromatic heterocycles. The number of halogens is 6. The highest BCUT2D eigenvalue weighted by Gasteiger charge is 2.49. The van der Waals surface area contributed by atoms with Crippen molar-refractivity contribution in [2.45, 2.75) is 79.7 Å². The molecular formula is C23H27F6N3O5S. The van der Waals surface area contributed by atoms with E-state index in [1.54, 1.807) is 20.8 Å². The zero-order valence-corrected chi connectivity index (χ0v) is 21.6. The second kappa shape index (κ2) is 10.1. The van der Waals surface area contributed by atoms with Crippen molar-refractivity contribution in [3.8, 4) is 11.8 Å². The minimum Gasteiger partial charge on any atom is -0.484 e. The molecule has 1 amide bonds. The lowest BCUT2D eigenvalue weighted by atomic mass is 10.2. The molecule has 1 N–H and O–H groups in total. The van der Waals surface area contributed by atoms with Gasteiger partial charge in [0.1, 0.15) is 16.9 Å². The number of amides is 1. The van der Waals surface area contributed by atoms with Crippen LogP contribution in [-0.2, 0) is 20.8 Å². The van der Waals surface area contributed by atoms with Gasteiger partial charge in [0, 0.05) is 19.1 Å². The fraction of sp³-hybridized carbons (Fsp3) is 0.652. The number of rotatable bonds is 7. The van der Waals surface area contributed by atoms with Crippen LogP contribution in [0.15, 0.2) is 23.1 Å². The van der Waals surface area contributed by atoms with E-state index in [0.29, 0.717) is 18.9 Å². The lowest BCUT2D eigenvalue weighted by molar-refractivity contribution is -0.153. The maximum atomic E-state index is 13.8. The van der Waals surface area contributed by atoms with Gasteiger partial charge in [-0.05, 0) is 58.2 Å². The van der Waals surface area contributed by atoms with Gasteiger partial charge in [0.15, 0.2) is 16.4 Å². The maximum Gasteiger partial charge on any atom is 0.422 e. The molecule has 0 radical (unpaired) electrons. The number of nitrogens with zero attached hydrogens (tertiary/aromatic N) is 2. The lowest BCUT2D eigenvalue weighted by Gasteiger charge is -2.29. The Hall–Kier alpha value is -2.73. The molecule has 2 aliphatic rings. The van der Waals surface area contributed by atoms with Gasteiger partial charge in [-0.1, -0.05) is 0 Å². The summed E-state index contributed by atoms with van der Waals surface area (Å²) in [5.41, 5.74) is -3.41. The molecule has 0 spiro atoms. The molecule has 1 saturated carbocycles. The molecule has 8 nitrogen and oxygen atoms in total. The summed E-state index contributed by atoms with van der Waals surface area (Å²) in [7, 11) is -4.74. The molecule has 0 bridgehead atoms. The largest absolute Gasteiger partial charge is 0.484 e. The van der Waals surface area contributed by atoms with Crippen LogP contribution in [-0.4, -0.2) is 67.7 Å². The number of carbonyl (C=O) groups excluding carboxylic acids is 1. The van der Waals surface area contributed by atoms with Gasteiger partial charge in [-0.2, -0.15) is 31.6 Å². The van der Waals surface area contributed by atoms with E-state index < -0.39 is 80.1 Å². The summed E-state index contributed by atoms with van der Waals surface area (Å²) >= 11 is 0. The van der Waals surface area contributed by atoms with E-state index in [-0.39, 0.29) is 19.0 Å². The third-order valence-electron chi connectivity index (χ3n) is 6.05. The summed E-state index contributed by atoms with van der Waals surface area (Å²) < 4.78 is 115. The van der Waals surface area contributed by atoms with Crippen LogP contribution in [0.2, 0.25) is 0 Å². The molecule has 1 saturated heterocycles. The van der Waals surface area contributed by atoms with Crippen LogP contribution in [0.25, 0.3) is 0 Å². The molecule has 1 aliphatic carbocycles. The Bertz CT molecular complexity index is 1200. The van der Waals surface area contributed by atoms with E-state index in [9.17, 15) is 44.8 Å². The van der Waals surface area contributed by atoms with E-state index in [1.807, 2.05) is 0 Å². The number of likely N-dealkylation sites (tertiary alicyclic amines) is 1. The fourth-order valence-electron chi connectivity index (χ4n) is 4.02. The van der Waals surface area contributed by atoms with Crippen LogP contribution in [0.5, 0.6) is 5.75 Å². The van der Waals surface area contributed by atoms with Gasteiger partial charge in [-0.3, -0.25) is 5.32 Å². The molecule has 212 valence electrons. The normalized spacial score (nSPS) is 21.6. The summed E-state index contributed by atoms with van der Waals surface area (Å²) in [5, 5.41) is 10.8. The molecule has 1 heterocycles. The second-order valence-corrected chi connectivity index (χ2v) is 12.5. The van der Waals surface area contributed by atoms with E-state index in [1.165, 1.54) is 0 Å². The average Bonchev–Trinajstić information content (AvgIpc) is 3.42. The molecular weight excluding hydrogens is 544 g/mol. The van der Waals surface area contributed by atoms with Crippen molar-refractivity contribution < 1.29 is 49.0 Å². The number of nitriles is 1. The Morgan fingerprint density at radius 3 is 2.32 bits per heavy atom. The Labute approximate surface area is 215 Å². The quantitative estimate of drug-likeness (QED) is 0.482. The molecule has 3 rings (SSSR count). The van der Waals surface area contributed by atoms with Crippen LogP contribution in [0.3, 0.4) is 0 Å². The Morgan fingerprint density at radius 1 is 1.18 bits per heavy atom. The Kier molecular flexibility index (Phi) is 7.93. The van der Waals surface area contributed by atoms with Crippen molar-refractivity contribution >= 4 is 15.9 Å². The first-order valence-corrected chi connectivity index (χ1v) is 13.1. The highest BCUT2D eigenvalue weighted by atomic mass is 32.2. The van der Waals surface area contributed by atoms with Crippen molar-refractivity contribution in [3.63, 3.8) is 0 Å². The van der Waals surface area contributed by atoms with Crippen LogP contribution < -0.4 is 10.1 Å². The van der Waals surface area contributed by atoms with E-state index in [2.05, 4.69) is 16.1 Å². The van der Waals surface area contributed by atoms with Crippen LogP contribution >= 0.6 is 0 Å². The SMILES string of the molecule is CC(C)(C)OC(=O)N1CC(S(=O)(=O)c2ccc(OCC(F)(F)F)cc2C(F)(F)F)CC1CNC1(C#N)CC1. The van der Waals surface area contributed by atoms with Gasteiger partial charge in [0.2, 0.25) is 0 Å². The number of carbonyl (C=O) groups is 1. The van der Waals surface area contributed by atoms with E-state index in [4.69, 9.17) is 4.74 Å². The van der Waals surface area contributed by atoms with Crippen molar-refractivity contribution in [2.75, 3.05) is 19.7 Å². The molecule has 38 heavy (non-hydrogen) atoms. The number of benzene rings is 1. The zero-order chi connectivity index (χ0) is 28.7. The molecule has 15 heteroatoms. The first-order chi connectivity index (χ1) is 17.3. The van der Waals surface area contributed by atoms with Crippen molar-refractivity contribution in [3.05, 3.63) is 23.8 Å². The van der Waals surface area contributed by atoms with Gasteiger partial charge in [0.25, 0.3) is 0 Å². The summed E-state index contributed by atoms with van der Waals surface area (Å²) in [5.74, 6) is -0.802. The predicted octanol–water partition coefficient (Wildman–Crippen LogP) is 4.44. The van der Waals surface area contributed by atoms with Crippen molar-refractivity contribution in [2.24, 2.45) is 0 Å². The highest BCUT2D eigenvalue weighted by Crippen LogP contribution is 2.40. The smallest absolute Gasteiger partial charge is 0.422 e. The summed E-state index contributed by atoms with van der Waals surface area (Å²) in [6.45, 7) is 2.45. The van der Waals surface area contributed by atoms with Gasteiger partial charge in [0.05, 0.1) is 21.8 Å². The maximum absolute atomic E-state index is 13.8. The second-order valence-electron chi connectivity index (χ2n) is 10.3. The van der Waals surface area contributed by atoms with Crippen LogP contribution in [0, 0.1) is 11.3 Å². The summed E-state index contributed by atoms with van der Waals surface area (Å²) in [6.07, 6.45) is -10.0. The minimum atomic E-state index is -5.23. The average molecular weight is 572 g/mol. The van der Waals surface area contributed by atoms with E-state index in [0.717, 1.165) is 11.0 Å². The topological polar surface area (TPSA) is 109 Å². The molecule has 1 aromatic rings. The zero-order valence-electron chi connectivity index (χ0n) is 20.7. The number of hydrogen-bond acceptors (Lipinski definition) is 7. The van der Waals surface area contributed by atoms with Crippen molar-refractivity contribution in [1.29, 1.82) is 5.26 Å². The van der Waals surface area contributed by atoms with Gasteiger partial charge in [-0.25, -0.2) is 13.2 Å². The third-order valence-corrected chi connectivity index (χ3v) is 8.24. The molecule has 2 fully saturated rings.